The van der Waals surface area contributed by atoms with Gasteiger partial charge in [-0.2, -0.15) is 0 Å². The Morgan fingerprint density at radius 2 is 1.94 bits per heavy atom. The molecular formula is C25H36ClNO5S. The minimum Gasteiger partial charge on any atom is -0.511 e. The topological polar surface area (TPSA) is 77.3 Å². The summed E-state index contributed by atoms with van der Waals surface area (Å²) in [6, 6.07) is 7.17. The maximum Gasteiger partial charge on any atom is 0.154 e. The summed E-state index contributed by atoms with van der Waals surface area (Å²) in [6.45, 7) is 10.2. The highest BCUT2D eigenvalue weighted by Gasteiger charge is 2.34. The lowest BCUT2D eigenvalue weighted by atomic mass is 9.80. The Morgan fingerprint density at radius 1 is 1.24 bits per heavy atom. The number of allylic oxidation sites excluding steroid dienone is 2. The summed E-state index contributed by atoms with van der Waals surface area (Å²) in [5, 5.41) is 15.5. The van der Waals surface area contributed by atoms with Gasteiger partial charge in [0.05, 0.1) is 11.8 Å². The Morgan fingerprint density at radius 3 is 2.52 bits per heavy atom. The molecule has 0 bridgehead atoms. The van der Waals surface area contributed by atoms with E-state index in [4.69, 9.17) is 25.4 Å². The first-order valence-corrected chi connectivity index (χ1v) is 12.9. The Balaban J connectivity index is 2.01. The average molecular weight is 498 g/mol. The first kappa shape index (κ1) is 27.5. The fraction of sp³-hybridized carbons (Fsp3) is 0.600. The van der Waals surface area contributed by atoms with Crippen molar-refractivity contribution in [2.75, 3.05) is 12.4 Å². The second kappa shape index (κ2) is 13.9. The minimum absolute atomic E-state index is 0.00426. The maximum absolute atomic E-state index is 12.9. The summed E-state index contributed by atoms with van der Waals surface area (Å²) in [5.41, 5.74) is 0.520. The number of halogens is 1. The molecule has 0 spiro atoms. The number of nitrogens with zero attached hydrogens (tertiary/aromatic N) is 1. The number of Topliss-reactive ketones (excluding diaryl/α,β-unsaturated/α-hetero) is 1. The van der Waals surface area contributed by atoms with E-state index in [0.29, 0.717) is 35.7 Å². The van der Waals surface area contributed by atoms with Crippen LogP contribution in [0.25, 0.3) is 0 Å². The third kappa shape index (κ3) is 8.87. The largest absolute Gasteiger partial charge is 0.511 e. The van der Waals surface area contributed by atoms with E-state index in [9.17, 15) is 9.90 Å². The van der Waals surface area contributed by atoms with E-state index in [0.717, 1.165) is 5.75 Å². The molecule has 2 rings (SSSR count). The minimum atomic E-state index is -0.748. The van der Waals surface area contributed by atoms with Crippen LogP contribution >= 0.6 is 23.6 Å². The predicted octanol–water partition coefficient (Wildman–Crippen LogP) is 6.64. The van der Waals surface area contributed by atoms with Gasteiger partial charge >= 0.3 is 0 Å². The lowest BCUT2D eigenvalue weighted by Gasteiger charge is -2.27. The molecule has 1 aromatic rings. The second-order valence-electron chi connectivity index (χ2n) is 8.59. The van der Waals surface area contributed by atoms with Crippen LogP contribution in [0.1, 0.15) is 53.9 Å². The van der Waals surface area contributed by atoms with Gasteiger partial charge in [-0.15, -0.1) is 0 Å². The van der Waals surface area contributed by atoms with Crippen LogP contribution in [0.4, 0.5) is 0 Å². The molecule has 1 N–H and O–H groups in total. The molecule has 1 aliphatic carbocycles. The summed E-state index contributed by atoms with van der Waals surface area (Å²) in [7, 11) is 0. The van der Waals surface area contributed by atoms with Crippen molar-refractivity contribution in [3.8, 4) is 5.75 Å². The lowest BCUT2D eigenvalue weighted by Crippen LogP contribution is -2.33. The van der Waals surface area contributed by atoms with E-state index >= 15 is 0 Å². The Hall–Kier alpha value is -1.70. The fourth-order valence-corrected chi connectivity index (χ4v) is 4.23. The summed E-state index contributed by atoms with van der Waals surface area (Å²) in [4.78, 5) is 18.5. The molecule has 0 heterocycles. The van der Waals surface area contributed by atoms with Crippen LogP contribution in [0.5, 0.6) is 5.75 Å². The molecule has 0 saturated carbocycles. The zero-order valence-electron chi connectivity index (χ0n) is 20.1. The van der Waals surface area contributed by atoms with Gasteiger partial charge in [0.25, 0.3) is 0 Å². The summed E-state index contributed by atoms with van der Waals surface area (Å²) in [6.07, 6.45) is 3.08. The number of hydrogen-bond donors (Lipinski definition) is 1. The first-order chi connectivity index (χ1) is 15.7. The van der Waals surface area contributed by atoms with Crippen LogP contribution in [-0.2, 0) is 13.8 Å². The molecule has 0 aliphatic heterocycles. The molecule has 0 saturated heterocycles. The van der Waals surface area contributed by atoms with Crippen LogP contribution in [0.15, 0.2) is 41.3 Å². The van der Waals surface area contributed by atoms with Crippen molar-refractivity contribution in [3.05, 3.63) is 41.1 Å². The van der Waals surface area contributed by atoms with Crippen molar-refractivity contribution in [1.82, 2.24) is 0 Å². The number of carbonyl (C=O) groups is 1. The smallest absolute Gasteiger partial charge is 0.154 e. The fourth-order valence-electron chi connectivity index (χ4n) is 3.66. The van der Waals surface area contributed by atoms with Crippen molar-refractivity contribution in [2.45, 2.75) is 66.1 Å². The number of rotatable bonds is 13. The zero-order chi connectivity index (χ0) is 24.4. The second-order valence-corrected chi connectivity index (χ2v) is 10.0. The number of carbonyl (C=O) groups excluding carboxylic acids is 1. The predicted molar refractivity (Wildman–Crippen MR) is 135 cm³/mol. The Kier molecular flexibility index (Phi) is 11.6. The van der Waals surface area contributed by atoms with Gasteiger partial charge in [0.15, 0.2) is 6.61 Å². The standard InChI is InChI=1S/C25H36ClNO5S/c1-6-21(25-22(28)13-18(14-23(25)29)12-17(5)32-33-7-2)27-30-15-24(16(3)4)31-20-10-8-19(26)9-11-20/h8-11,13,16-18,24-25,28H,6-7,12,14-15H2,1-5H3. The molecule has 0 fully saturated rings. The van der Waals surface area contributed by atoms with Crippen molar-refractivity contribution < 1.29 is 23.7 Å². The molecule has 8 heteroatoms. The van der Waals surface area contributed by atoms with E-state index in [1.165, 1.54) is 12.0 Å². The van der Waals surface area contributed by atoms with Crippen molar-refractivity contribution in [2.24, 2.45) is 22.9 Å². The average Bonchev–Trinajstić information content (AvgIpc) is 2.76. The number of aliphatic hydroxyl groups is 1. The quantitative estimate of drug-likeness (QED) is 0.187. The molecule has 6 nitrogen and oxygen atoms in total. The molecule has 4 unspecified atom stereocenters. The van der Waals surface area contributed by atoms with Crippen LogP contribution < -0.4 is 4.74 Å². The normalized spacial score (nSPS) is 21.0. The third-order valence-electron chi connectivity index (χ3n) is 5.43. The first-order valence-electron chi connectivity index (χ1n) is 11.6. The highest BCUT2D eigenvalue weighted by atomic mass is 35.5. The Labute approximate surface area is 206 Å². The van der Waals surface area contributed by atoms with E-state index < -0.39 is 5.92 Å². The third-order valence-corrected chi connectivity index (χ3v) is 6.39. The molecule has 0 radical (unpaired) electrons. The SMILES string of the molecule is CCSOC(C)CC1C=C(O)C(C(CC)=NOCC(Oc2ccc(Cl)cc2)C(C)C)C(=O)C1. The van der Waals surface area contributed by atoms with Crippen molar-refractivity contribution in [3.63, 3.8) is 0 Å². The number of ketones is 1. The molecule has 33 heavy (non-hydrogen) atoms. The van der Waals surface area contributed by atoms with Crippen LogP contribution in [0, 0.1) is 17.8 Å². The van der Waals surface area contributed by atoms with Gasteiger partial charge in [0.2, 0.25) is 0 Å². The van der Waals surface area contributed by atoms with Gasteiger partial charge in [-0.1, -0.05) is 44.5 Å². The Bertz CT molecular complexity index is 812. The molecule has 184 valence electrons. The van der Waals surface area contributed by atoms with E-state index in [-0.39, 0.29) is 42.2 Å². The van der Waals surface area contributed by atoms with Gasteiger partial charge in [0.1, 0.15) is 29.3 Å². The monoisotopic (exact) mass is 497 g/mol. The number of aliphatic hydroxyl groups excluding tert-OH is 1. The zero-order valence-corrected chi connectivity index (χ0v) is 21.7. The van der Waals surface area contributed by atoms with Crippen LogP contribution in [0.3, 0.4) is 0 Å². The number of oxime groups is 1. The molecule has 0 aromatic heterocycles. The summed E-state index contributed by atoms with van der Waals surface area (Å²) >= 11 is 7.35. The molecule has 0 amide bonds. The van der Waals surface area contributed by atoms with Crippen molar-refractivity contribution >= 4 is 35.1 Å². The number of benzene rings is 1. The number of hydrogen-bond acceptors (Lipinski definition) is 7. The van der Waals surface area contributed by atoms with Gasteiger partial charge in [-0.3, -0.25) is 4.79 Å². The lowest BCUT2D eigenvalue weighted by molar-refractivity contribution is -0.122. The molecular weight excluding hydrogens is 462 g/mol. The van der Waals surface area contributed by atoms with Crippen LogP contribution in [-0.4, -0.2) is 41.2 Å². The van der Waals surface area contributed by atoms with Gasteiger partial charge in [-0.05, 0) is 74.0 Å². The molecule has 4 atom stereocenters. The van der Waals surface area contributed by atoms with Crippen LogP contribution in [0.2, 0.25) is 5.02 Å². The highest BCUT2D eigenvalue weighted by molar-refractivity contribution is 7.94. The van der Waals surface area contributed by atoms with Gasteiger partial charge in [-0.25, -0.2) is 0 Å². The summed E-state index contributed by atoms with van der Waals surface area (Å²) in [5.74, 6) is 0.967. The molecule has 1 aromatic carbocycles. The summed E-state index contributed by atoms with van der Waals surface area (Å²) < 4.78 is 11.7. The number of ether oxygens (including phenoxy) is 1. The maximum atomic E-state index is 12.9. The molecule has 1 aliphatic rings. The van der Waals surface area contributed by atoms with E-state index in [2.05, 4.69) is 5.16 Å². The van der Waals surface area contributed by atoms with E-state index in [1.807, 2.05) is 46.8 Å². The highest BCUT2D eigenvalue weighted by Crippen LogP contribution is 2.30. The van der Waals surface area contributed by atoms with Gasteiger partial charge in [0, 0.05) is 17.2 Å². The van der Waals surface area contributed by atoms with Gasteiger partial charge < -0.3 is 18.9 Å². The van der Waals surface area contributed by atoms with E-state index in [1.54, 1.807) is 18.2 Å². The van der Waals surface area contributed by atoms with Crippen molar-refractivity contribution in [1.29, 1.82) is 0 Å².